The van der Waals surface area contributed by atoms with Gasteiger partial charge in [-0.2, -0.15) is 4.99 Å². The quantitative estimate of drug-likeness (QED) is 0.230. The molecule has 0 fully saturated rings. The van der Waals surface area contributed by atoms with E-state index in [1.165, 1.54) is 19.2 Å². The lowest BCUT2D eigenvalue weighted by Crippen LogP contribution is -2.24. The number of aliphatic imine (C=N–C) groups is 1. The number of rotatable bonds is 4. The molecule has 0 saturated heterocycles. The first-order valence-corrected chi connectivity index (χ1v) is 15.6. The van der Waals surface area contributed by atoms with E-state index < -0.39 is 42.3 Å². The number of alkyl halides is 2. The number of benzene rings is 2. The number of halogens is 2. The van der Waals surface area contributed by atoms with E-state index in [0.717, 1.165) is 5.56 Å². The first kappa shape index (κ1) is 29.9. The molecular formula is C24H27Cl2N3O7S2. The summed E-state index contributed by atoms with van der Waals surface area (Å²) in [7, 11) is -5.57. The van der Waals surface area contributed by atoms with Crippen molar-refractivity contribution in [3.05, 3.63) is 57.6 Å². The maximum absolute atomic E-state index is 12.0. The second kappa shape index (κ2) is 11.2. The Hall–Kier alpha value is -2.67. The molecule has 0 aliphatic carbocycles. The third-order valence-corrected chi connectivity index (χ3v) is 10.9. The number of nitrogens with zero attached hydrogens (tertiary/aromatic N) is 1. The monoisotopic (exact) mass is 603 g/mol. The standard InChI is InChI=1S/C12H14ClN3O3S.C12H13ClO4S/c1-2-6-3-8-9(13)5-20(18,19)10(8)4-7(6)11(17)16-12(14)15;1-3-7-4-9-10(13)6-18(15,16)11(9)5-8(7)12(14)17-2/h3-4,9H,2,5H2,1H3,(H4,14,15,16,17);4-5,10H,3,6H2,1-2H3. The van der Waals surface area contributed by atoms with Crippen LogP contribution in [0, 0.1) is 0 Å². The van der Waals surface area contributed by atoms with Gasteiger partial charge in [0, 0.05) is 5.56 Å². The molecule has 4 N–H and O–H groups in total. The van der Waals surface area contributed by atoms with E-state index in [4.69, 9.17) is 34.7 Å². The Morgan fingerprint density at radius 3 is 1.68 bits per heavy atom. The highest BCUT2D eigenvalue weighted by Gasteiger charge is 2.36. The number of amides is 1. The van der Waals surface area contributed by atoms with Crippen molar-refractivity contribution in [1.82, 2.24) is 0 Å². The molecule has 10 nitrogen and oxygen atoms in total. The van der Waals surface area contributed by atoms with Crippen LogP contribution in [0.3, 0.4) is 0 Å². The molecule has 0 radical (unpaired) electrons. The minimum atomic E-state index is -3.46. The summed E-state index contributed by atoms with van der Waals surface area (Å²) in [4.78, 5) is 27.3. The molecule has 2 aromatic carbocycles. The fraction of sp³-hybridized carbons (Fsp3) is 0.375. The van der Waals surface area contributed by atoms with Crippen LogP contribution in [0.5, 0.6) is 0 Å². The number of ether oxygens (including phenoxy) is 1. The van der Waals surface area contributed by atoms with Crippen LogP contribution >= 0.6 is 23.2 Å². The minimum Gasteiger partial charge on any atom is -0.465 e. The van der Waals surface area contributed by atoms with Crippen molar-refractivity contribution in [3.63, 3.8) is 0 Å². The number of nitrogens with two attached hydrogens (primary N) is 2. The molecule has 4 rings (SSSR count). The number of esters is 1. The number of sulfone groups is 2. The van der Waals surface area contributed by atoms with E-state index >= 15 is 0 Å². The van der Waals surface area contributed by atoms with Gasteiger partial charge in [-0.1, -0.05) is 26.0 Å². The molecule has 206 valence electrons. The topological polar surface area (TPSA) is 176 Å². The normalized spacial score (nSPS) is 19.9. The summed E-state index contributed by atoms with van der Waals surface area (Å²) >= 11 is 12.1. The summed E-state index contributed by atoms with van der Waals surface area (Å²) < 4.78 is 52.4. The molecule has 0 spiro atoms. The Balaban J connectivity index is 0.000000212. The summed E-state index contributed by atoms with van der Waals surface area (Å²) in [6.07, 6.45) is 1.15. The summed E-state index contributed by atoms with van der Waals surface area (Å²) in [5.74, 6) is -1.82. The summed E-state index contributed by atoms with van der Waals surface area (Å²) in [6, 6.07) is 6.05. The van der Waals surface area contributed by atoms with E-state index in [0.29, 0.717) is 35.1 Å². The average molecular weight is 605 g/mol. The molecule has 2 aliphatic rings. The maximum Gasteiger partial charge on any atom is 0.338 e. The van der Waals surface area contributed by atoms with Gasteiger partial charge in [-0.3, -0.25) is 4.79 Å². The lowest BCUT2D eigenvalue weighted by atomic mass is 10.00. The van der Waals surface area contributed by atoms with Gasteiger partial charge in [0.05, 0.1) is 44.7 Å². The van der Waals surface area contributed by atoms with Crippen LogP contribution in [-0.4, -0.2) is 53.3 Å². The Morgan fingerprint density at radius 2 is 1.29 bits per heavy atom. The van der Waals surface area contributed by atoms with Gasteiger partial charge in [0.25, 0.3) is 5.91 Å². The Morgan fingerprint density at radius 1 is 0.868 bits per heavy atom. The van der Waals surface area contributed by atoms with Gasteiger partial charge in [-0.05, 0) is 47.2 Å². The van der Waals surface area contributed by atoms with Crippen LogP contribution in [-0.2, 0) is 37.3 Å². The van der Waals surface area contributed by atoms with Crippen molar-refractivity contribution in [1.29, 1.82) is 0 Å². The van der Waals surface area contributed by atoms with Gasteiger partial charge < -0.3 is 16.2 Å². The van der Waals surface area contributed by atoms with Crippen LogP contribution < -0.4 is 11.5 Å². The number of aryl methyl sites for hydroxylation is 2. The first-order chi connectivity index (χ1) is 17.7. The van der Waals surface area contributed by atoms with E-state index in [9.17, 15) is 26.4 Å². The van der Waals surface area contributed by atoms with Crippen molar-refractivity contribution in [2.45, 2.75) is 47.2 Å². The fourth-order valence-corrected chi connectivity index (χ4v) is 9.01. The van der Waals surface area contributed by atoms with E-state index in [2.05, 4.69) is 9.73 Å². The van der Waals surface area contributed by atoms with Crippen LogP contribution in [0.25, 0.3) is 0 Å². The highest BCUT2D eigenvalue weighted by Crippen LogP contribution is 2.40. The predicted molar refractivity (Wildman–Crippen MR) is 144 cm³/mol. The van der Waals surface area contributed by atoms with Gasteiger partial charge in [0.2, 0.25) is 0 Å². The molecule has 0 bridgehead atoms. The summed E-state index contributed by atoms with van der Waals surface area (Å²) in [6.45, 7) is 3.74. The third kappa shape index (κ3) is 5.83. The molecule has 2 atom stereocenters. The average Bonchev–Trinajstić information content (AvgIpc) is 3.22. The van der Waals surface area contributed by atoms with Crippen LogP contribution in [0.4, 0.5) is 0 Å². The molecule has 14 heteroatoms. The van der Waals surface area contributed by atoms with Crippen molar-refractivity contribution in [3.8, 4) is 0 Å². The van der Waals surface area contributed by atoms with E-state index in [1.807, 2.05) is 13.8 Å². The van der Waals surface area contributed by atoms with E-state index in [1.54, 1.807) is 12.1 Å². The zero-order chi connectivity index (χ0) is 28.6. The van der Waals surface area contributed by atoms with Crippen molar-refractivity contribution in [2.75, 3.05) is 18.6 Å². The number of hydrogen-bond donors (Lipinski definition) is 2. The lowest BCUT2D eigenvalue weighted by molar-refractivity contribution is 0.0599. The summed E-state index contributed by atoms with van der Waals surface area (Å²) in [5.41, 5.74) is 13.4. The second-order valence-corrected chi connectivity index (χ2v) is 13.7. The largest absolute Gasteiger partial charge is 0.465 e. The van der Waals surface area contributed by atoms with Crippen LogP contribution in [0.15, 0.2) is 39.0 Å². The SMILES string of the molecule is CCc1cc2c(cc1C(=O)N=C(N)N)S(=O)(=O)CC2Cl.CCc1cc2c(cc1C(=O)OC)S(=O)(=O)CC2Cl. The van der Waals surface area contributed by atoms with Crippen LogP contribution in [0.2, 0.25) is 0 Å². The van der Waals surface area contributed by atoms with Crippen molar-refractivity contribution >= 4 is 60.7 Å². The molecule has 2 aliphatic heterocycles. The number of fused-ring (bicyclic) bond motifs is 2. The smallest absolute Gasteiger partial charge is 0.338 e. The minimum absolute atomic E-state index is 0.0869. The maximum atomic E-state index is 12.0. The third-order valence-electron chi connectivity index (χ3n) is 6.18. The lowest BCUT2D eigenvalue weighted by Gasteiger charge is -2.09. The highest BCUT2D eigenvalue weighted by atomic mass is 35.5. The zero-order valence-corrected chi connectivity index (χ0v) is 24.0. The molecule has 0 aromatic heterocycles. The fourth-order valence-electron chi connectivity index (χ4n) is 4.32. The number of carbonyl (C=O) groups excluding carboxylic acids is 2. The molecule has 1 amide bonds. The zero-order valence-electron chi connectivity index (χ0n) is 20.8. The molecule has 38 heavy (non-hydrogen) atoms. The van der Waals surface area contributed by atoms with Gasteiger partial charge in [-0.25, -0.2) is 21.6 Å². The Labute approximate surface area is 231 Å². The molecule has 0 saturated carbocycles. The number of hydrogen-bond acceptors (Lipinski definition) is 7. The number of guanidine groups is 1. The second-order valence-electron chi connectivity index (χ2n) is 8.63. The van der Waals surface area contributed by atoms with Crippen molar-refractivity contribution < 1.29 is 31.2 Å². The number of methoxy groups -OCH3 is 1. The predicted octanol–water partition coefficient (Wildman–Crippen LogP) is 2.83. The van der Waals surface area contributed by atoms with Gasteiger partial charge in [-0.15, -0.1) is 23.2 Å². The highest BCUT2D eigenvalue weighted by molar-refractivity contribution is 7.92. The first-order valence-electron chi connectivity index (χ1n) is 11.5. The molecule has 2 heterocycles. The number of carbonyl (C=O) groups is 2. The summed E-state index contributed by atoms with van der Waals surface area (Å²) in [5, 5.41) is -1.13. The Bertz CT molecular complexity index is 1550. The van der Waals surface area contributed by atoms with Gasteiger partial charge >= 0.3 is 5.97 Å². The molecule has 2 unspecified atom stereocenters. The molecular weight excluding hydrogens is 577 g/mol. The molecule has 2 aromatic rings. The van der Waals surface area contributed by atoms with Crippen LogP contribution in [0.1, 0.15) is 67.6 Å². The Kier molecular flexibility index (Phi) is 8.81. The van der Waals surface area contributed by atoms with E-state index in [-0.39, 0.29) is 32.8 Å². The van der Waals surface area contributed by atoms with Gasteiger partial charge in [0.1, 0.15) is 0 Å². The van der Waals surface area contributed by atoms with Crippen molar-refractivity contribution in [2.24, 2.45) is 16.5 Å². The van der Waals surface area contributed by atoms with Gasteiger partial charge in [0.15, 0.2) is 25.6 Å².